The third-order valence-electron chi connectivity index (χ3n) is 3.87. The van der Waals surface area contributed by atoms with E-state index in [9.17, 15) is 19.4 Å². The lowest BCUT2D eigenvalue weighted by Crippen LogP contribution is -2.25. The SMILES string of the molecule is O=C(O)C(Cc1c[nH]c2ccccc12)OP(=O)(O)Cc1ccccc1. The summed E-state index contributed by atoms with van der Waals surface area (Å²) in [5, 5.41) is 10.3. The molecule has 7 heteroatoms. The number of aliphatic carboxylic acids is 1. The van der Waals surface area contributed by atoms with Crippen molar-refractivity contribution in [3.63, 3.8) is 0 Å². The van der Waals surface area contributed by atoms with E-state index < -0.39 is 19.7 Å². The van der Waals surface area contributed by atoms with Gasteiger partial charge in [-0.25, -0.2) is 4.79 Å². The van der Waals surface area contributed by atoms with E-state index in [1.165, 1.54) is 0 Å². The van der Waals surface area contributed by atoms with Gasteiger partial charge in [0.05, 0.1) is 6.16 Å². The minimum absolute atomic E-state index is 0.00130. The number of aromatic nitrogens is 1. The van der Waals surface area contributed by atoms with Crippen molar-refractivity contribution < 1.29 is 23.9 Å². The fourth-order valence-corrected chi connectivity index (χ4v) is 4.03. The van der Waals surface area contributed by atoms with Gasteiger partial charge in [-0.05, 0) is 17.2 Å². The zero-order chi connectivity index (χ0) is 17.9. The number of rotatable bonds is 7. The summed E-state index contributed by atoms with van der Waals surface area (Å²) in [4.78, 5) is 24.7. The van der Waals surface area contributed by atoms with Crippen molar-refractivity contribution in [2.75, 3.05) is 0 Å². The third-order valence-corrected chi connectivity index (χ3v) is 5.22. The second-order valence-corrected chi connectivity index (χ2v) is 7.58. The normalized spacial score (nSPS) is 14.9. The number of hydrogen-bond acceptors (Lipinski definition) is 3. The van der Waals surface area contributed by atoms with Crippen LogP contribution in [-0.4, -0.2) is 27.1 Å². The highest BCUT2D eigenvalue weighted by atomic mass is 31.2. The Hall–Kier alpha value is -2.40. The molecule has 2 unspecified atom stereocenters. The van der Waals surface area contributed by atoms with E-state index >= 15 is 0 Å². The van der Waals surface area contributed by atoms with Gasteiger partial charge in [-0.2, -0.15) is 0 Å². The standard InChI is InChI=1S/C18H18NO5P/c20-18(21)17(10-14-11-19-16-9-5-4-8-15(14)16)24-25(22,23)12-13-6-2-1-3-7-13/h1-9,11,17,19H,10,12H2,(H,20,21)(H,22,23). The first-order valence-electron chi connectivity index (χ1n) is 7.76. The van der Waals surface area contributed by atoms with Gasteiger partial charge < -0.3 is 15.0 Å². The Kier molecular flexibility index (Phi) is 5.04. The van der Waals surface area contributed by atoms with Gasteiger partial charge >= 0.3 is 13.6 Å². The van der Waals surface area contributed by atoms with Crippen molar-refractivity contribution in [2.45, 2.75) is 18.7 Å². The van der Waals surface area contributed by atoms with Crippen molar-refractivity contribution in [1.82, 2.24) is 4.98 Å². The number of H-pyrrole nitrogens is 1. The molecule has 0 saturated carbocycles. The molecule has 3 rings (SSSR count). The summed E-state index contributed by atoms with van der Waals surface area (Å²) < 4.78 is 17.5. The van der Waals surface area contributed by atoms with E-state index in [1.807, 2.05) is 24.3 Å². The summed E-state index contributed by atoms with van der Waals surface area (Å²) in [6, 6.07) is 16.1. The first kappa shape index (κ1) is 17.4. The van der Waals surface area contributed by atoms with Crippen molar-refractivity contribution in [2.24, 2.45) is 0 Å². The van der Waals surface area contributed by atoms with Crippen molar-refractivity contribution in [3.8, 4) is 0 Å². The highest BCUT2D eigenvalue weighted by molar-refractivity contribution is 7.52. The van der Waals surface area contributed by atoms with Crippen LogP contribution < -0.4 is 0 Å². The van der Waals surface area contributed by atoms with E-state index in [0.717, 1.165) is 16.5 Å². The molecule has 1 aromatic heterocycles. The topological polar surface area (TPSA) is 99.6 Å². The number of benzene rings is 2. The summed E-state index contributed by atoms with van der Waals surface area (Å²) in [7, 11) is -4.09. The second-order valence-electron chi connectivity index (χ2n) is 5.78. The van der Waals surface area contributed by atoms with E-state index in [4.69, 9.17) is 4.52 Å². The predicted octanol–water partition coefficient (Wildman–Crippen LogP) is 3.57. The van der Waals surface area contributed by atoms with Gasteiger partial charge in [0.1, 0.15) is 0 Å². The lowest BCUT2D eigenvalue weighted by atomic mass is 10.1. The molecule has 2 aromatic carbocycles. The van der Waals surface area contributed by atoms with Crippen LogP contribution in [0, 0.1) is 0 Å². The number of hydrogen-bond donors (Lipinski definition) is 3. The highest BCUT2D eigenvalue weighted by Gasteiger charge is 2.30. The Bertz CT molecular complexity index is 921. The molecule has 0 bridgehead atoms. The predicted molar refractivity (Wildman–Crippen MR) is 94.5 cm³/mol. The van der Waals surface area contributed by atoms with Crippen LogP contribution in [0.2, 0.25) is 0 Å². The molecule has 25 heavy (non-hydrogen) atoms. The number of para-hydroxylation sites is 1. The Labute approximate surface area is 144 Å². The molecular weight excluding hydrogens is 341 g/mol. The summed E-state index contributed by atoms with van der Waals surface area (Å²) in [6.45, 7) is 0. The third kappa shape index (κ3) is 4.37. The van der Waals surface area contributed by atoms with Gasteiger partial charge in [0, 0.05) is 23.5 Å². The summed E-state index contributed by atoms with van der Waals surface area (Å²) in [6.07, 6.45) is 0.0620. The number of aromatic amines is 1. The van der Waals surface area contributed by atoms with E-state index in [1.54, 1.807) is 36.5 Å². The fourth-order valence-electron chi connectivity index (χ4n) is 2.72. The lowest BCUT2D eigenvalue weighted by Gasteiger charge is -2.18. The zero-order valence-electron chi connectivity index (χ0n) is 13.3. The molecule has 0 radical (unpaired) electrons. The smallest absolute Gasteiger partial charge is 0.333 e. The van der Waals surface area contributed by atoms with Crippen LogP contribution in [0.1, 0.15) is 11.1 Å². The average molecular weight is 359 g/mol. The monoisotopic (exact) mass is 359 g/mol. The van der Waals surface area contributed by atoms with Gasteiger partial charge in [-0.3, -0.25) is 9.09 Å². The Morgan fingerprint density at radius 2 is 1.80 bits per heavy atom. The maximum atomic E-state index is 12.4. The molecule has 2 atom stereocenters. The molecule has 0 spiro atoms. The van der Waals surface area contributed by atoms with Crippen LogP contribution in [0.5, 0.6) is 0 Å². The first-order chi connectivity index (χ1) is 11.9. The van der Waals surface area contributed by atoms with Crippen molar-refractivity contribution in [3.05, 3.63) is 71.9 Å². The van der Waals surface area contributed by atoms with Gasteiger partial charge in [0.25, 0.3) is 0 Å². The Morgan fingerprint density at radius 3 is 2.52 bits per heavy atom. The molecular formula is C18H18NO5P. The first-order valence-corrected chi connectivity index (χ1v) is 9.53. The van der Waals surface area contributed by atoms with Crippen molar-refractivity contribution in [1.29, 1.82) is 0 Å². The number of carboxylic acid groups (broad SMARTS) is 1. The molecule has 6 nitrogen and oxygen atoms in total. The van der Waals surface area contributed by atoms with Gasteiger partial charge in [-0.1, -0.05) is 48.5 Å². The largest absolute Gasteiger partial charge is 0.479 e. The molecule has 0 aliphatic carbocycles. The molecule has 3 aromatic rings. The average Bonchev–Trinajstić information content (AvgIpc) is 2.98. The van der Waals surface area contributed by atoms with Crippen LogP contribution in [0.15, 0.2) is 60.8 Å². The molecule has 130 valence electrons. The molecule has 3 N–H and O–H groups in total. The van der Waals surface area contributed by atoms with Gasteiger partial charge in [-0.15, -0.1) is 0 Å². The van der Waals surface area contributed by atoms with Crippen LogP contribution in [0.25, 0.3) is 10.9 Å². The van der Waals surface area contributed by atoms with Gasteiger partial charge in [0.2, 0.25) is 0 Å². The van der Waals surface area contributed by atoms with E-state index in [-0.39, 0.29) is 12.6 Å². The molecule has 0 aliphatic heterocycles. The lowest BCUT2D eigenvalue weighted by molar-refractivity contribution is -0.145. The Morgan fingerprint density at radius 1 is 1.12 bits per heavy atom. The molecule has 0 aliphatic rings. The van der Waals surface area contributed by atoms with Crippen LogP contribution in [0.4, 0.5) is 0 Å². The molecule has 0 saturated heterocycles. The summed E-state index contributed by atoms with van der Waals surface area (Å²) in [5.74, 6) is -1.27. The van der Waals surface area contributed by atoms with Crippen molar-refractivity contribution >= 4 is 24.5 Å². The zero-order valence-corrected chi connectivity index (χ0v) is 14.2. The maximum absolute atomic E-state index is 12.4. The quantitative estimate of drug-likeness (QED) is 0.560. The van der Waals surface area contributed by atoms with E-state index in [2.05, 4.69) is 4.98 Å². The van der Waals surface area contributed by atoms with Crippen LogP contribution in [0.3, 0.4) is 0 Å². The minimum Gasteiger partial charge on any atom is -0.479 e. The highest BCUT2D eigenvalue weighted by Crippen LogP contribution is 2.47. The number of carboxylic acids is 1. The number of nitrogens with one attached hydrogen (secondary N) is 1. The van der Waals surface area contributed by atoms with Crippen LogP contribution in [-0.2, 0) is 26.5 Å². The summed E-state index contributed by atoms with van der Waals surface area (Å²) in [5.41, 5.74) is 2.21. The van der Waals surface area contributed by atoms with Crippen LogP contribution >= 0.6 is 7.60 Å². The summed E-state index contributed by atoms with van der Waals surface area (Å²) >= 11 is 0. The van der Waals surface area contributed by atoms with Gasteiger partial charge in [0.15, 0.2) is 6.10 Å². The molecule has 1 heterocycles. The second kappa shape index (κ2) is 7.23. The fraction of sp³-hybridized carbons (Fsp3) is 0.167. The molecule has 0 fully saturated rings. The Balaban J connectivity index is 1.77. The maximum Gasteiger partial charge on any atom is 0.333 e. The van der Waals surface area contributed by atoms with E-state index in [0.29, 0.717) is 5.56 Å². The number of fused-ring (bicyclic) bond motifs is 1. The number of carbonyl (C=O) groups is 1. The minimum atomic E-state index is -4.09. The molecule has 0 amide bonds.